The number of unbranched alkanes of at least 4 members (excludes halogenated alkanes) is 5. The van der Waals surface area contributed by atoms with E-state index in [1.807, 2.05) is 53.2 Å². The van der Waals surface area contributed by atoms with E-state index in [0.29, 0.717) is 42.3 Å². The lowest BCUT2D eigenvalue weighted by molar-refractivity contribution is -0.384. The number of rotatable bonds is 19. The van der Waals surface area contributed by atoms with Crippen LogP contribution in [0.4, 0.5) is 21.2 Å². The number of ether oxygens (including phenoxy) is 2. The van der Waals surface area contributed by atoms with Gasteiger partial charge < -0.3 is 25.0 Å². The van der Waals surface area contributed by atoms with Crippen LogP contribution in [0.1, 0.15) is 88.3 Å². The van der Waals surface area contributed by atoms with Crippen molar-refractivity contribution in [2.75, 3.05) is 18.5 Å². The number of nitrogens with zero attached hydrogens (tertiary/aromatic N) is 6. The van der Waals surface area contributed by atoms with Crippen molar-refractivity contribution < 1.29 is 24.0 Å². The summed E-state index contributed by atoms with van der Waals surface area (Å²) in [5.41, 5.74) is 3.82. The van der Waals surface area contributed by atoms with E-state index in [2.05, 4.69) is 20.7 Å². The van der Waals surface area contributed by atoms with Crippen LogP contribution in [0.3, 0.4) is 0 Å². The summed E-state index contributed by atoms with van der Waals surface area (Å²) in [7, 11) is 1.97. The molecule has 298 valence electrons. The lowest BCUT2D eigenvalue weighted by atomic mass is 9.90. The molecular weight excluding hydrogens is 736 g/mol. The van der Waals surface area contributed by atoms with E-state index in [-0.39, 0.29) is 29.6 Å². The lowest BCUT2D eigenvalue weighted by Crippen LogP contribution is -2.44. The van der Waals surface area contributed by atoms with E-state index in [4.69, 9.17) is 26.1 Å². The summed E-state index contributed by atoms with van der Waals surface area (Å²) in [5, 5.41) is 22.0. The lowest BCUT2D eigenvalue weighted by Gasteiger charge is -2.36. The summed E-state index contributed by atoms with van der Waals surface area (Å²) in [4.78, 5) is 47.0. The number of carbonyl (C=O) groups is 2. The second-order valence-corrected chi connectivity index (χ2v) is 15.1. The number of hydrogen-bond donors (Lipinski definition) is 2. The van der Waals surface area contributed by atoms with Crippen LogP contribution in [0.2, 0.25) is 5.02 Å². The molecule has 56 heavy (non-hydrogen) atoms. The topological polar surface area (TPSA) is 167 Å². The summed E-state index contributed by atoms with van der Waals surface area (Å²) in [6.45, 7) is 1.34. The van der Waals surface area contributed by atoms with Crippen LogP contribution in [-0.4, -0.2) is 67.0 Å². The van der Waals surface area contributed by atoms with Crippen molar-refractivity contribution in [3.8, 4) is 17.0 Å². The van der Waals surface area contributed by atoms with E-state index < -0.39 is 11.0 Å². The van der Waals surface area contributed by atoms with E-state index >= 15 is 0 Å². The van der Waals surface area contributed by atoms with Gasteiger partial charge in [-0.15, -0.1) is 0 Å². The molecule has 0 saturated heterocycles. The first-order valence-corrected chi connectivity index (χ1v) is 20.1. The van der Waals surface area contributed by atoms with Crippen LogP contribution in [0.5, 0.6) is 5.75 Å². The molecule has 2 heterocycles. The summed E-state index contributed by atoms with van der Waals surface area (Å²) in [6.07, 6.45) is 15.0. The number of benzene rings is 2. The highest BCUT2D eigenvalue weighted by atomic mass is 35.5. The SMILES string of the molecule is Cn1ncc(-c2nc(NC3CCC(N(Cc4ccccc4)C(=O)OCCCCCCCCNC(=O)Oc4ccc([N+](=O)[O-])cc4)CC3)ncc2Cl)c1CC1CC1. The summed E-state index contributed by atoms with van der Waals surface area (Å²) >= 11 is 6.61. The van der Waals surface area contributed by atoms with Crippen LogP contribution in [0.25, 0.3) is 11.3 Å². The van der Waals surface area contributed by atoms with Crippen molar-refractivity contribution in [2.45, 2.75) is 102 Å². The molecule has 2 aromatic carbocycles. The highest BCUT2D eigenvalue weighted by Gasteiger charge is 2.31. The third-order valence-electron chi connectivity index (χ3n) is 10.5. The van der Waals surface area contributed by atoms with Crippen LogP contribution in [0.15, 0.2) is 67.0 Å². The first kappa shape index (κ1) is 40.4. The number of halogens is 1. The molecule has 2 saturated carbocycles. The van der Waals surface area contributed by atoms with Gasteiger partial charge in [-0.05, 0) is 81.4 Å². The van der Waals surface area contributed by atoms with Crippen molar-refractivity contribution in [1.82, 2.24) is 30.0 Å². The predicted molar refractivity (Wildman–Crippen MR) is 213 cm³/mol. The molecule has 2 N–H and O–H groups in total. The number of carbonyl (C=O) groups excluding carboxylic acids is 2. The smallest absolute Gasteiger partial charge is 0.412 e. The Morgan fingerprint density at radius 2 is 1.66 bits per heavy atom. The molecule has 14 nitrogen and oxygen atoms in total. The van der Waals surface area contributed by atoms with Crippen molar-refractivity contribution in [3.63, 3.8) is 0 Å². The maximum Gasteiger partial charge on any atom is 0.412 e. The molecule has 0 bridgehead atoms. The number of amides is 2. The molecule has 15 heteroatoms. The Morgan fingerprint density at radius 3 is 2.38 bits per heavy atom. The number of aromatic nitrogens is 4. The molecule has 2 aliphatic carbocycles. The summed E-state index contributed by atoms with van der Waals surface area (Å²) < 4.78 is 12.9. The van der Waals surface area contributed by atoms with Gasteiger partial charge in [0.05, 0.1) is 34.6 Å². The second kappa shape index (κ2) is 20.1. The average Bonchev–Trinajstić information content (AvgIpc) is 3.96. The van der Waals surface area contributed by atoms with E-state index in [1.165, 1.54) is 37.1 Å². The number of aryl methyl sites for hydroxylation is 1. The molecule has 4 aromatic rings. The number of hydrogen-bond acceptors (Lipinski definition) is 10. The van der Waals surface area contributed by atoms with E-state index in [1.54, 1.807) is 6.20 Å². The van der Waals surface area contributed by atoms with Crippen LogP contribution < -0.4 is 15.4 Å². The zero-order valence-corrected chi connectivity index (χ0v) is 32.7. The zero-order valence-electron chi connectivity index (χ0n) is 31.9. The third-order valence-corrected chi connectivity index (χ3v) is 10.7. The number of non-ortho nitro benzene ring substituents is 1. The normalized spacial score (nSPS) is 16.5. The van der Waals surface area contributed by atoms with Crippen molar-refractivity contribution >= 4 is 35.4 Å². The highest BCUT2D eigenvalue weighted by Crippen LogP contribution is 2.37. The van der Waals surface area contributed by atoms with Crippen molar-refractivity contribution in [1.29, 1.82) is 0 Å². The Kier molecular flexibility index (Phi) is 14.5. The molecule has 2 amide bonds. The first-order chi connectivity index (χ1) is 27.2. The molecule has 0 aliphatic heterocycles. The summed E-state index contributed by atoms with van der Waals surface area (Å²) in [6, 6.07) is 15.6. The minimum Gasteiger partial charge on any atom is -0.449 e. The summed E-state index contributed by atoms with van der Waals surface area (Å²) in [5.74, 6) is 1.50. The van der Waals surface area contributed by atoms with Gasteiger partial charge in [-0.2, -0.15) is 5.10 Å². The van der Waals surface area contributed by atoms with Gasteiger partial charge in [0.1, 0.15) is 5.75 Å². The fourth-order valence-corrected chi connectivity index (χ4v) is 7.30. The quantitative estimate of drug-likeness (QED) is 0.0532. The van der Waals surface area contributed by atoms with Gasteiger partial charge in [0.2, 0.25) is 5.95 Å². The van der Waals surface area contributed by atoms with Crippen LogP contribution in [0, 0.1) is 16.0 Å². The minimum absolute atomic E-state index is 0.0582. The van der Waals surface area contributed by atoms with Gasteiger partial charge in [-0.3, -0.25) is 14.8 Å². The molecule has 0 unspecified atom stereocenters. The maximum atomic E-state index is 13.5. The Hall–Kier alpha value is -5.24. The standard InChI is InChI=1S/C41H51ClN8O6/c1-48-37(25-29-13-14-29)35(26-45-48)38-36(42)27-44-39(47-38)46-31-15-17-32(18-16-31)49(28-30-11-7-6-8-12-30)41(52)55-24-10-5-3-2-4-9-23-43-40(51)56-34-21-19-33(20-22-34)50(53)54/h6-8,11-12,19-22,26-27,29,31-32H,2-5,9-10,13-18,23-25,28H2,1H3,(H,43,51)(H,44,46,47). The second-order valence-electron chi connectivity index (χ2n) is 14.7. The Morgan fingerprint density at radius 1 is 0.946 bits per heavy atom. The van der Waals surface area contributed by atoms with Crippen LogP contribution >= 0.6 is 11.6 Å². The van der Waals surface area contributed by atoms with Crippen molar-refractivity contribution in [2.24, 2.45) is 13.0 Å². The monoisotopic (exact) mass is 786 g/mol. The van der Waals surface area contributed by atoms with Crippen LogP contribution in [-0.2, 0) is 24.8 Å². The number of nitro groups is 1. The molecule has 2 aromatic heterocycles. The fourth-order valence-electron chi connectivity index (χ4n) is 7.11. The van der Waals surface area contributed by atoms with Crippen molar-refractivity contribution in [3.05, 3.63) is 93.4 Å². The molecule has 0 radical (unpaired) electrons. The number of anilines is 1. The Balaban J connectivity index is 0.902. The van der Waals surface area contributed by atoms with Gasteiger partial charge in [-0.25, -0.2) is 19.6 Å². The minimum atomic E-state index is -0.591. The number of nitro benzene ring substituents is 1. The molecule has 2 aliphatic rings. The third kappa shape index (κ3) is 11.9. The van der Waals surface area contributed by atoms with E-state index in [9.17, 15) is 19.7 Å². The van der Waals surface area contributed by atoms with Gasteiger partial charge in [0, 0.05) is 55.6 Å². The molecule has 0 atom stereocenters. The van der Waals surface area contributed by atoms with Gasteiger partial charge >= 0.3 is 12.2 Å². The Labute approximate surface area is 332 Å². The highest BCUT2D eigenvalue weighted by molar-refractivity contribution is 6.33. The molecule has 0 spiro atoms. The van der Waals surface area contributed by atoms with Gasteiger partial charge in [0.25, 0.3) is 5.69 Å². The Bertz CT molecular complexity index is 1900. The molecule has 2 fully saturated rings. The largest absolute Gasteiger partial charge is 0.449 e. The zero-order chi connectivity index (χ0) is 39.3. The molecular formula is C41H51ClN8O6. The van der Waals surface area contributed by atoms with Gasteiger partial charge in [-0.1, -0.05) is 67.6 Å². The molecule has 6 rings (SSSR count). The number of nitrogens with one attached hydrogen (secondary N) is 2. The van der Waals surface area contributed by atoms with Gasteiger partial charge in [0.15, 0.2) is 0 Å². The fraction of sp³-hybridized carbons (Fsp3) is 0.488. The first-order valence-electron chi connectivity index (χ1n) is 19.7. The predicted octanol–water partition coefficient (Wildman–Crippen LogP) is 8.88. The average molecular weight is 787 g/mol. The van der Waals surface area contributed by atoms with E-state index in [0.717, 1.165) is 87.4 Å². The maximum absolute atomic E-state index is 13.5.